The van der Waals surface area contributed by atoms with Gasteiger partial charge in [-0.15, -0.1) is 0 Å². The second kappa shape index (κ2) is 5.13. The lowest BCUT2D eigenvalue weighted by molar-refractivity contribution is 0.305. The molecule has 1 aromatic rings. The Hall–Kier alpha value is -1.48. The molecular formula is C11H16N2O5S2. The van der Waals surface area contributed by atoms with E-state index in [0.717, 1.165) is 25.4 Å². The predicted octanol–water partition coefficient (Wildman–Crippen LogP) is 0.971. The average Bonchev–Trinajstić information content (AvgIpc) is 3.01. The minimum absolute atomic E-state index is 0.0589. The Morgan fingerprint density at radius 1 is 1.05 bits per heavy atom. The first-order chi connectivity index (χ1) is 9.12. The highest BCUT2D eigenvalue weighted by Gasteiger charge is 2.25. The standard InChI is InChI=1S/C11H16N2O5S2/c1-19(14,15)12-8-3-6-10(13-20(2,16)17)11(7-8)18-9-4-5-9/h3,6-7,9,12-13H,4-5H2,1-2H3. The third-order valence-electron chi connectivity index (χ3n) is 2.40. The van der Waals surface area contributed by atoms with Gasteiger partial charge in [0.05, 0.1) is 30.0 Å². The van der Waals surface area contributed by atoms with Gasteiger partial charge in [-0.3, -0.25) is 9.44 Å². The number of ether oxygens (including phenoxy) is 1. The van der Waals surface area contributed by atoms with Gasteiger partial charge >= 0.3 is 0 Å². The topological polar surface area (TPSA) is 102 Å². The third kappa shape index (κ3) is 4.89. The van der Waals surface area contributed by atoms with Gasteiger partial charge in [0.1, 0.15) is 5.75 Å². The van der Waals surface area contributed by atoms with Crippen LogP contribution in [0.25, 0.3) is 0 Å². The van der Waals surface area contributed by atoms with Crippen LogP contribution in [0.3, 0.4) is 0 Å². The molecule has 7 nitrogen and oxygen atoms in total. The van der Waals surface area contributed by atoms with Gasteiger partial charge in [0.2, 0.25) is 20.0 Å². The van der Waals surface area contributed by atoms with Crippen molar-refractivity contribution in [2.45, 2.75) is 18.9 Å². The van der Waals surface area contributed by atoms with Crippen molar-refractivity contribution in [1.29, 1.82) is 0 Å². The van der Waals surface area contributed by atoms with E-state index in [-0.39, 0.29) is 6.10 Å². The van der Waals surface area contributed by atoms with Crippen LogP contribution in [0.5, 0.6) is 5.75 Å². The SMILES string of the molecule is CS(=O)(=O)Nc1ccc(NS(C)(=O)=O)c(OC2CC2)c1. The predicted molar refractivity (Wildman–Crippen MR) is 77.0 cm³/mol. The van der Waals surface area contributed by atoms with E-state index >= 15 is 0 Å². The van der Waals surface area contributed by atoms with E-state index in [1.165, 1.54) is 18.2 Å². The van der Waals surface area contributed by atoms with Crippen LogP contribution in [0.15, 0.2) is 18.2 Å². The lowest BCUT2D eigenvalue weighted by Crippen LogP contribution is -2.13. The molecule has 20 heavy (non-hydrogen) atoms. The Morgan fingerprint density at radius 2 is 1.65 bits per heavy atom. The van der Waals surface area contributed by atoms with Crippen molar-refractivity contribution in [3.63, 3.8) is 0 Å². The Labute approximate surface area is 118 Å². The fraction of sp³-hybridized carbons (Fsp3) is 0.455. The molecule has 2 rings (SSSR count). The second-order valence-electron chi connectivity index (χ2n) is 4.78. The van der Waals surface area contributed by atoms with Crippen LogP contribution < -0.4 is 14.2 Å². The van der Waals surface area contributed by atoms with Crippen LogP contribution in [0.2, 0.25) is 0 Å². The molecule has 1 aliphatic carbocycles. The van der Waals surface area contributed by atoms with Crippen molar-refractivity contribution >= 4 is 31.4 Å². The number of rotatable bonds is 6. The number of hydrogen-bond donors (Lipinski definition) is 2. The molecule has 0 unspecified atom stereocenters. The maximum absolute atomic E-state index is 11.3. The molecule has 2 N–H and O–H groups in total. The van der Waals surface area contributed by atoms with Gasteiger partial charge in [-0.25, -0.2) is 16.8 Å². The highest BCUT2D eigenvalue weighted by molar-refractivity contribution is 7.92. The fourth-order valence-electron chi connectivity index (χ4n) is 1.55. The smallest absolute Gasteiger partial charge is 0.229 e. The van der Waals surface area contributed by atoms with Crippen molar-refractivity contribution in [2.24, 2.45) is 0 Å². The van der Waals surface area contributed by atoms with Gasteiger partial charge in [-0.2, -0.15) is 0 Å². The van der Waals surface area contributed by atoms with Crippen LogP contribution >= 0.6 is 0 Å². The summed E-state index contributed by atoms with van der Waals surface area (Å²) in [5.74, 6) is 0.312. The van der Waals surface area contributed by atoms with Gasteiger partial charge in [-0.05, 0) is 25.0 Å². The molecule has 0 radical (unpaired) electrons. The molecular weight excluding hydrogens is 304 g/mol. The van der Waals surface area contributed by atoms with E-state index in [2.05, 4.69) is 9.44 Å². The minimum atomic E-state index is -3.43. The first kappa shape index (κ1) is 14.9. The largest absolute Gasteiger partial charge is 0.488 e. The Bertz CT molecular complexity index is 708. The second-order valence-corrected chi connectivity index (χ2v) is 8.27. The van der Waals surface area contributed by atoms with E-state index in [9.17, 15) is 16.8 Å². The monoisotopic (exact) mass is 320 g/mol. The van der Waals surface area contributed by atoms with Crippen molar-refractivity contribution in [2.75, 3.05) is 22.0 Å². The van der Waals surface area contributed by atoms with Crippen molar-refractivity contribution < 1.29 is 21.6 Å². The van der Waals surface area contributed by atoms with Gasteiger partial charge in [0, 0.05) is 6.07 Å². The average molecular weight is 320 g/mol. The zero-order valence-corrected chi connectivity index (χ0v) is 12.7. The molecule has 1 saturated carbocycles. The van der Waals surface area contributed by atoms with Crippen molar-refractivity contribution in [3.05, 3.63) is 18.2 Å². The van der Waals surface area contributed by atoms with E-state index in [1.54, 1.807) is 0 Å². The summed E-state index contributed by atoms with van der Waals surface area (Å²) in [4.78, 5) is 0. The maximum Gasteiger partial charge on any atom is 0.229 e. The van der Waals surface area contributed by atoms with Crippen LogP contribution in [0.1, 0.15) is 12.8 Å². The molecule has 0 spiro atoms. The molecule has 0 aliphatic heterocycles. The third-order valence-corrected chi connectivity index (χ3v) is 3.60. The van der Waals surface area contributed by atoms with Crippen molar-refractivity contribution in [3.8, 4) is 5.75 Å². The number of anilines is 2. The maximum atomic E-state index is 11.3. The first-order valence-corrected chi connectivity index (χ1v) is 9.67. The quantitative estimate of drug-likeness (QED) is 0.813. The minimum Gasteiger partial charge on any atom is -0.488 e. The van der Waals surface area contributed by atoms with Crippen molar-refractivity contribution in [1.82, 2.24) is 0 Å². The van der Waals surface area contributed by atoms with Gasteiger partial charge in [0.15, 0.2) is 0 Å². The number of sulfonamides is 2. The summed E-state index contributed by atoms with van der Waals surface area (Å²) in [5.41, 5.74) is 0.612. The highest BCUT2D eigenvalue weighted by atomic mass is 32.2. The number of hydrogen-bond acceptors (Lipinski definition) is 5. The molecule has 112 valence electrons. The van der Waals surface area contributed by atoms with Gasteiger partial charge in [-0.1, -0.05) is 0 Å². The van der Waals surface area contributed by atoms with Crippen LogP contribution in [-0.2, 0) is 20.0 Å². The van der Waals surface area contributed by atoms with Gasteiger partial charge in [0.25, 0.3) is 0 Å². The zero-order chi connectivity index (χ0) is 15.0. The number of nitrogens with one attached hydrogen (secondary N) is 2. The summed E-state index contributed by atoms with van der Waals surface area (Å²) >= 11 is 0. The summed E-state index contributed by atoms with van der Waals surface area (Å²) in [6.45, 7) is 0. The Morgan fingerprint density at radius 3 is 2.15 bits per heavy atom. The lowest BCUT2D eigenvalue weighted by Gasteiger charge is -2.14. The summed E-state index contributed by atoms with van der Waals surface area (Å²) < 4.78 is 55.2. The van der Waals surface area contributed by atoms with E-state index in [0.29, 0.717) is 17.1 Å². The molecule has 1 aliphatic rings. The Kier molecular flexibility index (Phi) is 3.83. The molecule has 1 aromatic carbocycles. The first-order valence-electron chi connectivity index (χ1n) is 5.89. The molecule has 0 saturated heterocycles. The van der Waals surface area contributed by atoms with E-state index in [1.807, 2.05) is 0 Å². The fourth-order valence-corrected chi connectivity index (χ4v) is 2.67. The van der Waals surface area contributed by atoms with Crippen LogP contribution in [-0.4, -0.2) is 35.5 Å². The van der Waals surface area contributed by atoms with Crippen LogP contribution in [0, 0.1) is 0 Å². The summed E-state index contributed by atoms with van der Waals surface area (Å²) in [5, 5.41) is 0. The molecule has 0 heterocycles. The summed E-state index contributed by atoms with van der Waals surface area (Å²) in [7, 11) is -6.83. The summed E-state index contributed by atoms with van der Waals surface area (Å²) in [6.07, 6.45) is 3.95. The lowest BCUT2D eigenvalue weighted by atomic mass is 10.2. The molecule has 9 heteroatoms. The molecule has 0 amide bonds. The zero-order valence-electron chi connectivity index (χ0n) is 11.1. The molecule has 1 fully saturated rings. The van der Waals surface area contributed by atoms with Gasteiger partial charge < -0.3 is 4.74 Å². The molecule has 0 aromatic heterocycles. The normalized spacial score (nSPS) is 15.7. The summed E-state index contributed by atoms with van der Waals surface area (Å²) in [6, 6.07) is 4.40. The van der Waals surface area contributed by atoms with Crippen LogP contribution in [0.4, 0.5) is 11.4 Å². The Balaban J connectivity index is 2.31. The van der Waals surface area contributed by atoms with E-state index in [4.69, 9.17) is 4.74 Å². The number of benzene rings is 1. The van der Waals surface area contributed by atoms with E-state index < -0.39 is 20.0 Å². The molecule has 0 bridgehead atoms. The molecule has 0 atom stereocenters. The highest BCUT2D eigenvalue weighted by Crippen LogP contribution is 2.34.